The first-order valence-electron chi connectivity index (χ1n) is 8.38. The van der Waals surface area contributed by atoms with Crippen molar-refractivity contribution in [3.8, 4) is 0 Å². The zero-order chi connectivity index (χ0) is 21.4. The standard InChI is InChI=1S/C17H21F3N2O5S/c1-9(2)7-27-10(3)11-5-12-14(6-13(11)17(18,19)20)21-16(24)22(15(12)23)8-28(4,25)26/h5-6,9-10H,7-8H2,1-4H3,(H,21,24). The molecule has 0 saturated heterocycles. The highest BCUT2D eigenvalue weighted by Gasteiger charge is 2.35. The molecule has 1 atom stereocenters. The van der Waals surface area contributed by atoms with Crippen LogP contribution in [0.5, 0.6) is 0 Å². The Morgan fingerprint density at radius 3 is 2.29 bits per heavy atom. The SMILES string of the molecule is CC(C)COC(C)c1cc2c(=O)n(CS(C)(=O)=O)c(=O)[nH]c2cc1C(F)(F)F. The van der Waals surface area contributed by atoms with Crippen LogP contribution in [-0.2, 0) is 26.6 Å². The van der Waals surface area contributed by atoms with Crippen LogP contribution in [0.1, 0.15) is 38.0 Å². The highest BCUT2D eigenvalue weighted by atomic mass is 32.2. The van der Waals surface area contributed by atoms with Gasteiger partial charge < -0.3 is 9.72 Å². The lowest BCUT2D eigenvalue weighted by molar-refractivity contribution is -0.139. The van der Waals surface area contributed by atoms with Gasteiger partial charge in [0.25, 0.3) is 5.56 Å². The smallest absolute Gasteiger partial charge is 0.374 e. The first-order valence-corrected chi connectivity index (χ1v) is 10.4. The third kappa shape index (κ3) is 5.02. The van der Waals surface area contributed by atoms with E-state index in [0.29, 0.717) is 10.6 Å². The van der Waals surface area contributed by atoms with E-state index in [-0.39, 0.29) is 29.0 Å². The molecule has 2 aromatic rings. The third-order valence-electron chi connectivity index (χ3n) is 3.94. The first-order chi connectivity index (χ1) is 12.7. The van der Waals surface area contributed by atoms with Gasteiger partial charge in [0.05, 0.1) is 22.6 Å². The number of alkyl halides is 3. The van der Waals surface area contributed by atoms with Crippen molar-refractivity contribution in [2.45, 2.75) is 38.9 Å². The van der Waals surface area contributed by atoms with Gasteiger partial charge in [-0.15, -0.1) is 0 Å². The summed E-state index contributed by atoms with van der Waals surface area (Å²) in [5.41, 5.74) is -3.72. The topological polar surface area (TPSA) is 98.2 Å². The molecule has 1 heterocycles. The maximum atomic E-state index is 13.5. The second-order valence-corrected chi connectivity index (χ2v) is 9.18. The van der Waals surface area contributed by atoms with Crippen molar-refractivity contribution < 1.29 is 26.3 Å². The molecule has 1 unspecified atom stereocenters. The van der Waals surface area contributed by atoms with Gasteiger partial charge in [0, 0.05) is 12.9 Å². The minimum absolute atomic E-state index is 0.0839. The summed E-state index contributed by atoms with van der Waals surface area (Å²) >= 11 is 0. The fraction of sp³-hybridized carbons (Fsp3) is 0.529. The number of halogens is 3. The van der Waals surface area contributed by atoms with Crippen molar-refractivity contribution in [2.24, 2.45) is 5.92 Å². The molecule has 0 bridgehead atoms. The van der Waals surface area contributed by atoms with Crippen LogP contribution in [0.25, 0.3) is 10.9 Å². The Morgan fingerprint density at radius 2 is 1.79 bits per heavy atom. The second-order valence-electron chi connectivity index (χ2n) is 7.07. The Labute approximate surface area is 159 Å². The highest BCUT2D eigenvalue weighted by Crippen LogP contribution is 2.37. The van der Waals surface area contributed by atoms with E-state index in [0.717, 1.165) is 12.3 Å². The zero-order valence-electron chi connectivity index (χ0n) is 15.8. The fourth-order valence-electron chi connectivity index (χ4n) is 2.68. The molecular formula is C17H21F3N2O5S. The lowest BCUT2D eigenvalue weighted by atomic mass is 9.99. The van der Waals surface area contributed by atoms with E-state index in [1.807, 2.05) is 13.8 Å². The van der Waals surface area contributed by atoms with Crippen LogP contribution in [0.3, 0.4) is 0 Å². The molecule has 0 aliphatic rings. The summed E-state index contributed by atoms with van der Waals surface area (Å²) < 4.78 is 69.4. The number of nitrogens with zero attached hydrogens (tertiary/aromatic N) is 1. The number of H-pyrrole nitrogens is 1. The monoisotopic (exact) mass is 422 g/mol. The summed E-state index contributed by atoms with van der Waals surface area (Å²) in [6.07, 6.45) is -4.88. The molecule has 156 valence electrons. The molecule has 1 aromatic carbocycles. The lowest BCUT2D eigenvalue weighted by Gasteiger charge is -2.21. The van der Waals surface area contributed by atoms with Crippen molar-refractivity contribution in [1.82, 2.24) is 9.55 Å². The van der Waals surface area contributed by atoms with Crippen LogP contribution in [-0.4, -0.2) is 30.8 Å². The number of aromatic amines is 1. The van der Waals surface area contributed by atoms with Crippen LogP contribution >= 0.6 is 0 Å². The molecule has 28 heavy (non-hydrogen) atoms. The number of aromatic nitrogens is 2. The van der Waals surface area contributed by atoms with E-state index in [9.17, 15) is 31.2 Å². The average Bonchev–Trinajstić information content (AvgIpc) is 2.53. The van der Waals surface area contributed by atoms with Gasteiger partial charge in [-0.25, -0.2) is 17.8 Å². The molecule has 2 rings (SSSR count). The predicted octanol–water partition coefficient (Wildman–Crippen LogP) is 2.44. The molecule has 0 fully saturated rings. The lowest BCUT2D eigenvalue weighted by Crippen LogP contribution is -2.37. The van der Waals surface area contributed by atoms with Crippen LogP contribution in [0, 0.1) is 5.92 Å². The van der Waals surface area contributed by atoms with E-state index in [4.69, 9.17) is 4.74 Å². The highest BCUT2D eigenvalue weighted by molar-refractivity contribution is 7.89. The van der Waals surface area contributed by atoms with Crippen molar-refractivity contribution in [2.75, 3.05) is 12.9 Å². The largest absolute Gasteiger partial charge is 0.416 e. The molecule has 0 aliphatic carbocycles. The number of hydrogen-bond acceptors (Lipinski definition) is 5. The minimum atomic E-state index is -4.74. The molecule has 0 radical (unpaired) electrons. The molecule has 1 aromatic heterocycles. The Balaban J connectivity index is 2.76. The summed E-state index contributed by atoms with van der Waals surface area (Å²) in [5.74, 6) is -0.798. The summed E-state index contributed by atoms with van der Waals surface area (Å²) in [6.45, 7) is 5.32. The van der Waals surface area contributed by atoms with Gasteiger partial charge in [-0.3, -0.25) is 4.79 Å². The number of nitrogens with one attached hydrogen (secondary N) is 1. The number of benzene rings is 1. The molecule has 0 amide bonds. The van der Waals surface area contributed by atoms with Gasteiger partial charge in [-0.2, -0.15) is 13.2 Å². The normalized spacial score (nSPS) is 14.0. The molecule has 11 heteroatoms. The van der Waals surface area contributed by atoms with Gasteiger partial charge in [-0.1, -0.05) is 13.8 Å². The first kappa shape index (κ1) is 22.2. The quantitative estimate of drug-likeness (QED) is 0.771. The maximum absolute atomic E-state index is 13.5. The minimum Gasteiger partial charge on any atom is -0.374 e. The molecule has 1 N–H and O–H groups in total. The van der Waals surface area contributed by atoms with Gasteiger partial charge >= 0.3 is 11.9 Å². The summed E-state index contributed by atoms with van der Waals surface area (Å²) in [4.78, 5) is 26.8. The third-order valence-corrected chi connectivity index (χ3v) is 4.67. The Hall–Kier alpha value is -2.14. The van der Waals surface area contributed by atoms with Gasteiger partial charge in [0.2, 0.25) is 0 Å². The van der Waals surface area contributed by atoms with Crippen molar-refractivity contribution in [1.29, 1.82) is 0 Å². The molecule has 7 nitrogen and oxygen atoms in total. The van der Waals surface area contributed by atoms with Gasteiger partial charge in [-0.05, 0) is 30.5 Å². The van der Waals surface area contributed by atoms with Crippen molar-refractivity contribution in [3.05, 3.63) is 44.1 Å². The van der Waals surface area contributed by atoms with Crippen LogP contribution in [0.2, 0.25) is 0 Å². The van der Waals surface area contributed by atoms with E-state index >= 15 is 0 Å². The summed E-state index contributed by atoms with van der Waals surface area (Å²) in [6, 6.07) is 1.67. The zero-order valence-corrected chi connectivity index (χ0v) is 16.6. The van der Waals surface area contributed by atoms with E-state index < -0.39 is 44.8 Å². The molecular weight excluding hydrogens is 401 g/mol. The summed E-state index contributed by atoms with van der Waals surface area (Å²) in [7, 11) is -3.73. The van der Waals surface area contributed by atoms with E-state index in [1.165, 1.54) is 6.92 Å². The average molecular weight is 422 g/mol. The molecule has 0 spiro atoms. The molecule has 0 saturated carbocycles. The predicted molar refractivity (Wildman–Crippen MR) is 97.9 cm³/mol. The van der Waals surface area contributed by atoms with Crippen molar-refractivity contribution >= 4 is 20.7 Å². The Bertz CT molecular complexity index is 1100. The fourth-order valence-corrected chi connectivity index (χ4v) is 3.38. The number of ether oxygens (including phenoxy) is 1. The Morgan fingerprint density at radius 1 is 1.18 bits per heavy atom. The number of sulfone groups is 1. The Kier molecular flexibility index (Phi) is 6.10. The van der Waals surface area contributed by atoms with Crippen LogP contribution in [0.15, 0.2) is 21.7 Å². The van der Waals surface area contributed by atoms with Crippen molar-refractivity contribution in [3.63, 3.8) is 0 Å². The van der Waals surface area contributed by atoms with Gasteiger partial charge in [0.1, 0.15) is 5.88 Å². The molecule has 0 aliphatic heterocycles. The second kappa shape index (κ2) is 7.70. The number of hydrogen-bond donors (Lipinski definition) is 1. The van der Waals surface area contributed by atoms with E-state index in [2.05, 4.69) is 4.98 Å². The van der Waals surface area contributed by atoms with Crippen LogP contribution < -0.4 is 11.2 Å². The van der Waals surface area contributed by atoms with Crippen LogP contribution in [0.4, 0.5) is 13.2 Å². The number of rotatable bonds is 6. The maximum Gasteiger partial charge on any atom is 0.416 e. The van der Waals surface area contributed by atoms with E-state index in [1.54, 1.807) is 0 Å². The van der Waals surface area contributed by atoms with Gasteiger partial charge in [0.15, 0.2) is 9.84 Å². The summed E-state index contributed by atoms with van der Waals surface area (Å²) in [5, 5.41) is -0.230. The number of fused-ring (bicyclic) bond motifs is 1.